The summed E-state index contributed by atoms with van der Waals surface area (Å²) in [5, 5.41) is 6.99. The number of aryl methyl sites for hydroxylation is 2. The lowest BCUT2D eigenvalue weighted by molar-refractivity contribution is 0.101. The summed E-state index contributed by atoms with van der Waals surface area (Å²) in [5.41, 5.74) is 3.90. The van der Waals surface area contributed by atoms with E-state index in [-0.39, 0.29) is 11.6 Å². The number of aromatic amines is 1. The fourth-order valence-electron chi connectivity index (χ4n) is 2.59. The Kier molecular flexibility index (Phi) is 3.93. The van der Waals surface area contributed by atoms with Crippen LogP contribution in [0.15, 0.2) is 41.1 Å². The third kappa shape index (κ3) is 3.04. The van der Waals surface area contributed by atoms with Gasteiger partial charge in [0.15, 0.2) is 11.3 Å². The molecule has 1 aromatic carbocycles. The summed E-state index contributed by atoms with van der Waals surface area (Å²) in [7, 11) is 0. The predicted octanol–water partition coefficient (Wildman–Crippen LogP) is 4.14. The first kappa shape index (κ1) is 16.3. The summed E-state index contributed by atoms with van der Waals surface area (Å²) in [4.78, 5) is 24.2. The lowest BCUT2D eigenvalue weighted by Crippen LogP contribution is -2.12. The number of anilines is 1. The molecule has 3 aromatic heterocycles. The number of imidazole rings is 1. The van der Waals surface area contributed by atoms with Crippen molar-refractivity contribution in [2.24, 2.45) is 0 Å². The van der Waals surface area contributed by atoms with Gasteiger partial charge in [0.1, 0.15) is 11.6 Å². The topological polar surface area (TPSA) is 96.7 Å². The minimum absolute atomic E-state index is 0.211. The normalized spacial score (nSPS) is 11.0. The average molecular weight is 368 g/mol. The van der Waals surface area contributed by atoms with Crippen molar-refractivity contribution in [1.82, 2.24) is 20.1 Å². The van der Waals surface area contributed by atoms with Crippen LogP contribution in [0.2, 0.25) is 5.02 Å². The second kappa shape index (κ2) is 6.27. The van der Waals surface area contributed by atoms with E-state index in [4.69, 9.17) is 16.1 Å². The average Bonchev–Trinajstić information content (AvgIpc) is 3.22. The molecule has 4 aromatic rings. The van der Waals surface area contributed by atoms with Crippen LogP contribution in [0.4, 0.5) is 5.69 Å². The fourth-order valence-corrected chi connectivity index (χ4v) is 2.79. The zero-order chi connectivity index (χ0) is 18.3. The monoisotopic (exact) mass is 367 g/mol. The Morgan fingerprint density at radius 1 is 1.23 bits per heavy atom. The number of rotatable bonds is 3. The third-order valence-electron chi connectivity index (χ3n) is 3.81. The molecule has 0 atom stereocenters. The van der Waals surface area contributed by atoms with Crippen molar-refractivity contribution < 1.29 is 9.32 Å². The van der Waals surface area contributed by atoms with Crippen LogP contribution >= 0.6 is 11.6 Å². The highest BCUT2D eigenvalue weighted by atomic mass is 35.5. The number of halogens is 1. The molecule has 7 nitrogen and oxygen atoms in total. The molecule has 0 saturated heterocycles. The lowest BCUT2D eigenvalue weighted by Gasteiger charge is -2.06. The van der Waals surface area contributed by atoms with E-state index in [0.717, 1.165) is 11.1 Å². The highest BCUT2D eigenvalue weighted by Gasteiger charge is 2.14. The number of H-pyrrole nitrogens is 1. The molecule has 0 bridgehead atoms. The van der Waals surface area contributed by atoms with Crippen molar-refractivity contribution in [3.8, 4) is 11.4 Å². The van der Waals surface area contributed by atoms with Crippen molar-refractivity contribution >= 4 is 34.4 Å². The van der Waals surface area contributed by atoms with Gasteiger partial charge >= 0.3 is 0 Å². The number of aromatic nitrogens is 4. The second-order valence-corrected chi connectivity index (χ2v) is 6.35. The largest absolute Gasteiger partial charge is 0.361 e. The van der Waals surface area contributed by atoms with Gasteiger partial charge in [-0.05, 0) is 43.7 Å². The van der Waals surface area contributed by atoms with Gasteiger partial charge in [0, 0.05) is 23.5 Å². The number of fused-ring (bicyclic) bond motifs is 1. The number of benzene rings is 1. The number of carbonyl (C=O) groups is 1. The molecule has 3 heterocycles. The van der Waals surface area contributed by atoms with E-state index in [1.807, 2.05) is 13.0 Å². The molecule has 1 amide bonds. The van der Waals surface area contributed by atoms with Crippen LogP contribution < -0.4 is 5.32 Å². The number of nitrogens with one attached hydrogen (secondary N) is 2. The van der Waals surface area contributed by atoms with E-state index in [2.05, 4.69) is 25.4 Å². The van der Waals surface area contributed by atoms with Crippen molar-refractivity contribution in [2.45, 2.75) is 13.8 Å². The molecule has 130 valence electrons. The van der Waals surface area contributed by atoms with Gasteiger partial charge in [0.2, 0.25) is 0 Å². The van der Waals surface area contributed by atoms with Crippen LogP contribution in [-0.2, 0) is 0 Å². The van der Waals surface area contributed by atoms with E-state index in [0.29, 0.717) is 33.5 Å². The molecule has 2 N–H and O–H groups in total. The van der Waals surface area contributed by atoms with Gasteiger partial charge in [-0.3, -0.25) is 4.79 Å². The van der Waals surface area contributed by atoms with E-state index in [9.17, 15) is 4.79 Å². The smallest absolute Gasteiger partial charge is 0.277 e. The molecule has 0 spiro atoms. The van der Waals surface area contributed by atoms with Crippen molar-refractivity contribution in [3.63, 3.8) is 0 Å². The quantitative estimate of drug-likeness (QED) is 0.567. The molecule has 0 unspecified atom stereocenters. The maximum absolute atomic E-state index is 12.2. The zero-order valence-electron chi connectivity index (χ0n) is 14.0. The molecule has 0 fully saturated rings. The molecular formula is C18H14ClN5O2. The molecule has 0 aliphatic carbocycles. The van der Waals surface area contributed by atoms with Gasteiger partial charge in [-0.25, -0.2) is 9.97 Å². The Hall–Kier alpha value is -3.19. The SMILES string of the molecule is Cc1cnc2nc(-c3cc(NC(=O)c4cc(C)on4)ccc3Cl)[nH]c2c1. The summed E-state index contributed by atoms with van der Waals surface area (Å²) in [6.45, 7) is 3.68. The number of carbonyl (C=O) groups excluding carboxylic acids is 1. The van der Waals surface area contributed by atoms with Gasteiger partial charge < -0.3 is 14.8 Å². The fraction of sp³-hybridized carbons (Fsp3) is 0.111. The van der Waals surface area contributed by atoms with Crippen LogP contribution in [0.5, 0.6) is 0 Å². The maximum Gasteiger partial charge on any atom is 0.277 e. The van der Waals surface area contributed by atoms with Gasteiger partial charge in [-0.2, -0.15) is 0 Å². The number of hydrogen-bond acceptors (Lipinski definition) is 5. The first-order valence-electron chi connectivity index (χ1n) is 7.86. The van der Waals surface area contributed by atoms with Crippen LogP contribution in [0.1, 0.15) is 21.8 Å². The number of amides is 1. The summed E-state index contributed by atoms with van der Waals surface area (Å²) >= 11 is 6.33. The maximum atomic E-state index is 12.2. The standard InChI is InChI=1S/C18H14ClN5O2/c1-9-5-14-17(20-8-9)23-16(22-14)12-7-11(3-4-13(12)19)21-18(25)15-6-10(2)26-24-15/h3-8H,1-2H3,(H,21,25)(H,20,22,23). The molecule has 8 heteroatoms. The molecule has 26 heavy (non-hydrogen) atoms. The summed E-state index contributed by atoms with van der Waals surface area (Å²) in [6, 6.07) is 8.69. The number of nitrogens with zero attached hydrogens (tertiary/aromatic N) is 3. The Labute approximate surface area is 153 Å². The van der Waals surface area contributed by atoms with Crippen molar-refractivity contribution in [2.75, 3.05) is 5.32 Å². The van der Waals surface area contributed by atoms with Gasteiger partial charge in [-0.1, -0.05) is 16.8 Å². The predicted molar refractivity (Wildman–Crippen MR) is 98.3 cm³/mol. The van der Waals surface area contributed by atoms with Crippen LogP contribution in [0.25, 0.3) is 22.6 Å². The first-order chi connectivity index (χ1) is 12.5. The minimum atomic E-state index is -0.364. The molecule has 4 rings (SSSR count). The molecule has 0 radical (unpaired) electrons. The van der Waals surface area contributed by atoms with Crippen LogP contribution in [-0.4, -0.2) is 26.0 Å². The van der Waals surface area contributed by atoms with Crippen LogP contribution in [0, 0.1) is 13.8 Å². The first-order valence-corrected chi connectivity index (χ1v) is 8.24. The number of pyridine rings is 1. The van der Waals surface area contributed by atoms with Gasteiger partial charge in [0.05, 0.1) is 10.5 Å². The second-order valence-electron chi connectivity index (χ2n) is 5.94. The minimum Gasteiger partial charge on any atom is -0.361 e. The third-order valence-corrected chi connectivity index (χ3v) is 4.14. The van der Waals surface area contributed by atoms with Crippen molar-refractivity contribution in [3.05, 3.63) is 58.6 Å². The Morgan fingerprint density at radius 3 is 2.85 bits per heavy atom. The Morgan fingerprint density at radius 2 is 2.08 bits per heavy atom. The van der Waals surface area contributed by atoms with E-state index in [1.165, 1.54) is 0 Å². The lowest BCUT2D eigenvalue weighted by atomic mass is 10.2. The summed E-state index contributed by atoms with van der Waals surface area (Å²) in [5.74, 6) is 0.783. The van der Waals surface area contributed by atoms with Crippen LogP contribution in [0.3, 0.4) is 0 Å². The highest BCUT2D eigenvalue weighted by Crippen LogP contribution is 2.30. The molecule has 0 saturated carbocycles. The summed E-state index contributed by atoms with van der Waals surface area (Å²) in [6.07, 6.45) is 1.76. The molecular weight excluding hydrogens is 354 g/mol. The van der Waals surface area contributed by atoms with Gasteiger partial charge in [-0.15, -0.1) is 0 Å². The zero-order valence-corrected chi connectivity index (χ0v) is 14.8. The number of hydrogen-bond donors (Lipinski definition) is 2. The Bertz CT molecular complexity index is 1130. The van der Waals surface area contributed by atoms with E-state index >= 15 is 0 Å². The molecule has 0 aliphatic rings. The van der Waals surface area contributed by atoms with E-state index in [1.54, 1.807) is 37.4 Å². The molecule has 0 aliphatic heterocycles. The summed E-state index contributed by atoms with van der Waals surface area (Å²) < 4.78 is 4.92. The van der Waals surface area contributed by atoms with Gasteiger partial charge in [0.25, 0.3) is 5.91 Å². The van der Waals surface area contributed by atoms with E-state index < -0.39 is 0 Å². The highest BCUT2D eigenvalue weighted by molar-refractivity contribution is 6.33. The van der Waals surface area contributed by atoms with Crippen molar-refractivity contribution in [1.29, 1.82) is 0 Å². The Balaban J connectivity index is 1.68.